The minimum Gasteiger partial charge on any atom is -0.496 e. The van der Waals surface area contributed by atoms with Crippen molar-refractivity contribution in [3.63, 3.8) is 0 Å². The van der Waals surface area contributed by atoms with Crippen molar-refractivity contribution in [2.24, 2.45) is 0 Å². The van der Waals surface area contributed by atoms with Crippen molar-refractivity contribution >= 4 is 5.97 Å². The van der Waals surface area contributed by atoms with Crippen molar-refractivity contribution in [2.75, 3.05) is 14.2 Å². The van der Waals surface area contributed by atoms with Gasteiger partial charge in [-0.3, -0.25) is 0 Å². The summed E-state index contributed by atoms with van der Waals surface area (Å²) in [5.74, 6) is -3.10. The molecule has 0 bridgehead atoms. The quantitative estimate of drug-likeness (QED) is 0.747. The number of rotatable bonds is 3. The lowest BCUT2D eigenvalue weighted by molar-refractivity contribution is 0.0592. The first-order chi connectivity index (χ1) is 7.56. The predicted molar refractivity (Wildman–Crippen MR) is 53.6 cm³/mol. The van der Waals surface area contributed by atoms with Crippen molar-refractivity contribution < 1.29 is 23.0 Å². The van der Waals surface area contributed by atoms with Crippen molar-refractivity contribution in [2.45, 2.75) is 13.3 Å². The molecule has 0 aliphatic heterocycles. The van der Waals surface area contributed by atoms with Gasteiger partial charge in [-0.05, 0) is 6.42 Å². The maximum atomic E-state index is 13.5. The molecule has 16 heavy (non-hydrogen) atoms. The number of carbonyl (C=O) groups is 1. The van der Waals surface area contributed by atoms with Gasteiger partial charge < -0.3 is 9.47 Å². The van der Waals surface area contributed by atoms with Gasteiger partial charge in [0.25, 0.3) is 0 Å². The molecule has 88 valence electrons. The fourth-order valence-electron chi connectivity index (χ4n) is 1.49. The van der Waals surface area contributed by atoms with E-state index in [0.717, 1.165) is 13.2 Å². The monoisotopic (exact) mass is 230 g/mol. The Balaban J connectivity index is 3.53. The molecule has 0 fully saturated rings. The SMILES string of the molecule is CCc1c(OC)cc(F)c(F)c1C(=O)OC. The van der Waals surface area contributed by atoms with Crippen molar-refractivity contribution in [1.82, 2.24) is 0 Å². The third-order valence-corrected chi connectivity index (χ3v) is 2.25. The number of esters is 1. The number of halogens is 2. The highest BCUT2D eigenvalue weighted by molar-refractivity contribution is 5.92. The van der Waals surface area contributed by atoms with Crippen LogP contribution in [-0.4, -0.2) is 20.2 Å². The van der Waals surface area contributed by atoms with Gasteiger partial charge in [-0.15, -0.1) is 0 Å². The molecule has 0 aliphatic carbocycles. The van der Waals surface area contributed by atoms with E-state index < -0.39 is 23.2 Å². The van der Waals surface area contributed by atoms with Crippen LogP contribution in [0.25, 0.3) is 0 Å². The third-order valence-electron chi connectivity index (χ3n) is 2.25. The second-order valence-electron chi connectivity index (χ2n) is 3.07. The lowest BCUT2D eigenvalue weighted by atomic mass is 10.0. The first-order valence-corrected chi connectivity index (χ1v) is 4.69. The molecule has 0 unspecified atom stereocenters. The number of benzene rings is 1. The minimum atomic E-state index is -1.20. The molecule has 0 amide bonds. The van der Waals surface area contributed by atoms with Crippen molar-refractivity contribution in [1.29, 1.82) is 0 Å². The van der Waals surface area contributed by atoms with Crippen molar-refractivity contribution in [3.05, 3.63) is 28.8 Å². The Morgan fingerprint density at radius 3 is 2.44 bits per heavy atom. The Hall–Kier alpha value is -1.65. The first-order valence-electron chi connectivity index (χ1n) is 4.69. The van der Waals surface area contributed by atoms with E-state index in [4.69, 9.17) is 4.74 Å². The average molecular weight is 230 g/mol. The zero-order valence-electron chi connectivity index (χ0n) is 9.27. The molecule has 0 saturated heterocycles. The molecular weight excluding hydrogens is 218 g/mol. The molecule has 0 spiro atoms. The molecule has 1 aromatic carbocycles. The van der Waals surface area contributed by atoms with Gasteiger partial charge in [0.15, 0.2) is 11.6 Å². The van der Waals surface area contributed by atoms with E-state index in [-0.39, 0.29) is 5.75 Å². The molecule has 0 heterocycles. The summed E-state index contributed by atoms with van der Waals surface area (Å²) in [6.45, 7) is 1.71. The number of hydrogen-bond acceptors (Lipinski definition) is 3. The standard InChI is InChI=1S/C11H12F2O3/c1-4-6-8(15-2)5-7(12)10(13)9(6)11(14)16-3/h5H,4H2,1-3H3. The summed E-state index contributed by atoms with van der Waals surface area (Å²) in [6, 6.07) is 0.917. The second kappa shape index (κ2) is 4.92. The van der Waals surface area contributed by atoms with Crippen LogP contribution < -0.4 is 4.74 Å². The van der Waals surface area contributed by atoms with Crippen LogP contribution >= 0.6 is 0 Å². The van der Waals surface area contributed by atoms with Crippen LogP contribution in [0, 0.1) is 11.6 Å². The summed E-state index contributed by atoms with van der Waals surface area (Å²) < 4.78 is 36.0. The molecule has 0 N–H and O–H groups in total. The van der Waals surface area contributed by atoms with Gasteiger partial charge >= 0.3 is 5.97 Å². The van der Waals surface area contributed by atoms with Gasteiger partial charge in [0, 0.05) is 11.6 Å². The van der Waals surface area contributed by atoms with Crippen LogP contribution in [-0.2, 0) is 11.2 Å². The Morgan fingerprint density at radius 2 is 2.00 bits per heavy atom. The van der Waals surface area contributed by atoms with E-state index in [1.807, 2.05) is 0 Å². The fraction of sp³-hybridized carbons (Fsp3) is 0.364. The lowest BCUT2D eigenvalue weighted by Gasteiger charge is -2.12. The fourth-order valence-corrected chi connectivity index (χ4v) is 1.49. The van der Waals surface area contributed by atoms with E-state index >= 15 is 0 Å². The zero-order valence-corrected chi connectivity index (χ0v) is 9.27. The first kappa shape index (κ1) is 12.4. The average Bonchev–Trinajstić information content (AvgIpc) is 2.30. The molecule has 3 nitrogen and oxygen atoms in total. The normalized spacial score (nSPS) is 10.1. The summed E-state index contributed by atoms with van der Waals surface area (Å²) >= 11 is 0. The van der Waals surface area contributed by atoms with Crippen LogP contribution in [0.2, 0.25) is 0 Å². The number of ether oxygens (including phenoxy) is 2. The molecule has 1 rings (SSSR count). The summed E-state index contributed by atoms with van der Waals surface area (Å²) in [6.07, 6.45) is 0.338. The highest BCUT2D eigenvalue weighted by Crippen LogP contribution is 2.28. The van der Waals surface area contributed by atoms with Gasteiger partial charge in [0.2, 0.25) is 0 Å². The van der Waals surface area contributed by atoms with E-state index in [9.17, 15) is 13.6 Å². The van der Waals surface area contributed by atoms with Gasteiger partial charge in [0.05, 0.1) is 14.2 Å². The predicted octanol–water partition coefficient (Wildman–Crippen LogP) is 2.32. The lowest BCUT2D eigenvalue weighted by Crippen LogP contribution is -2.11. The summed E-state index contributed by atoms with van der Waals surface area (Å²) in [7, 11) is 2.44. The Bertz CT molecular complexity index is 416. The summed E-state index contributed by atoms with van der Waals surface area (Å²) in [5, 5.41) is 0. The molecule has 0 atom stereocenters. The Morgan fingerprint density at radius 1 is 1.38 bits per heavy atom. The van der Waals surface area contributed by atoms with Crippen LogP contribution in [0.5, 0.6) is 5.75 Å². The minimum absolute atomic E-state index is 0.141. The highest BCUT2D eigenvalue weighted by atomic mass is 19.2. The zero-order chi connectivity index (χ0) is 12.3. The van der Waals surface area contributed by atoms with E-state index in [1.165, 1.54) is 7.11 Å². The molecule has 0 radical (unpaired) electrons. The Kier molecular flexibility index (Phi) is 3.82. The second-order valence-corrected chi connectivity index (χ2v) is 3.07. The molecule has 1 aromatic rings. The van der Waals surface area contributed by atoms with Crippen LogP contribution in [0.1, 0.15) is 22.8 Å². The van der Waals surface area contributed by atoms with Crippen molar-refractivity contribution in [3.8, 4) is 5.75 Å². The smallest absolute Gasteiger partial charge is 0.341 e. The number of methoxy groups -OCH3 is 2. The van der Waals surface area contributed by atoms with Crippen LogP contribution in [0.4, 0.5) is 8.78 Å². The Labute approximate surface area is 92.0 Å². The van der Waals surface area contributed by atoms with E-state index in [1.54, 1.807) is 6.92 Å². The molecule has 0 saturated carbocycles. The molecule has 5 heteroatoms. The number of carbonyl (C=O) groups excluding carboxylic acids is 1. The molecular formula is C11H12F2O3. The van der Waals surface area contributed by atoms with Crippen LogP contribution in [0.3, 0.4) is 0 Å². The van der Waals surface area contributed by atoms with Crippen LogP contribution in [0.15, 0.2) is 6.07 Å². The van der Waals surface area contributed by atoms with Gasteiger partial charge in [-0.25, -0.2) is 13.6 Å². The molecule has 0 aliphatic rings. The maximum absolute atomic E-state index is 13.5. The van der Waals surface area contributed by atoms with E-state index in [2.05, 4.69) is 4.74 Å². The van der Waals surface area contributed by atoms with Gasteiger partial charge in [-0.2, -0.15) is 0 Å². The molecule has 0 aromatic heterocycles. The maximum Gasteiger partial charge on any atom is 0.341 e. The topological polar surface area (TPSA) is 35.5 Å². The highest BCUT2D eigenvalue weighted by Gasteiger charge is 2.23. The van der Waals surface area contributed by atoms with Gasteiger partial charge in [0.1, 0.15) is 11.3 Å². The van der Waals surface area contributed by atoms with Gasteiger partial charge in [-0.1, -0.05) is 6.92 Å². The summed E-state index contributed by atoms with van der Waals surface area (Å²) in [5.41, 5.74) is -0.102. The third kappa shape index (κ3) is 1.98. The van der Waals surface area contributed by atoms with E-state index in [0.29, 0.717) is 12.0 Å². The largest absolute Gasteiger partial charge is 0.496 e. The summed E-state index contributed by atoms with van der Waals surface area (Å²) in [4.78, 5) is 11.3. The number of hydrogen-bond donors (Lipinski definition) is 0.